The molecule has 3 rings (SSSR count). The van der Waals surface area contributed by atoms with Crippen molar-refractivity contribution in [1.29, 1.82) is 0 Å². The summed E-state index contributed by atoms with van der Waals surface area (Å²) in [6.07, 6.45) is 0.946. The number of fused-ring (bicyclic) bond motifs is 1. The Morgan fingerprint density at radius 3 is 2.35 bits per heavy atom. The molecule has 2 aliphatic heterocycles. The molecule has 0 bridgehead atoms. The number of anilines is 1. The zero-order chi connectivity index (χ0) is 16.2. The summed E-state index contributed by atoms with van der Waals surface area (Å²) < 4.78 is 0. The first-order chi connectivity index (χ1) is 11.2. The summed E-state index contributed by atoms with van der Waals surface area (Å²) in [5.41, 5.74) is 2.33. The Hall–Kier alpha value is -1.92. The molecule has 0 aromatic heterocycles. The van der Waals surface area contributed by atoms with Crippen LogP contribution in [0.2, 0.25) is 0 Å². The summed E-state index contributed by atoms with van der Waals surface area (Å²) in [5, 5.41) is 2.65. The minimum Gasteiger partial charge on any atom is -0.358 e. The minimum atomic E-state index is 0.0446. The maximum Gasteiger partial charge on any atom is 0.241 e. The van der Waals surface area contributed by atoms with Crippen LogP contribution >= 0.6 is 0 Å². The van der Waals surface area contributed by atoms with Crippen molar-refractivity contribution in [3.8, 4) is 0 Å². The number of nitrogens with zero attached hydrogens (tertiary/aromatic N) is 3. The van der Waals surface area contributed by atoms with Crippen molar-refractivity contribution in [3.05, 3.63) is 29.8 Å². The monoisotopic (exact) mass is 316 g/mol. The van der Waals surface area contributed by atoms with Crippen LogP contribution in [0.5, 0.6) is 0 Å². The van der Waals surface area contributed by atoms with Gasteiger partial charge in [-0.05, 0) is 18.1 Å². The number of rotatable bonds is 4. The summed E-state index contributed by atoms with van der Waals surface area (Å²) >= 11 is 0. The molecule has 2 heterocycles. The second kappa shape index (κ2) is 7.10. The molecule has 0 saturated carbocycles. The Morgan fingerprint density at radius 2 is 1.65 bits per heavy atom. The van der Waals surface area contributed by atoms with Gasteiger partial charge in [0.05, 0.1) is 13.1 Å². The van der Waals surface area contributed by atoms with Crippen molar-refractivity contribution in [3.63, 3.8) is 0 Å². The molecule has 0 unspecified atom stereocenters. The maximum absolute atomic E-state index is 12.6. The summed E-state index contributed by atoms with van der Waals surface area (Å²) in [4.78, 5) is 30.2. The molecule has 23 heavy (non-hydrogen) atoms. The van der Waals surface area contributed by atoms with Crippen LogP contribution in [0.25, 0.3) is 0 Å². The lowest BCUT2D eigenvalue weighted by atomic mass is 10.2. The molecule has 0 radical (unpaired) electrons. The SMILES string of the molecule is CNC(=O)CN1CCN(CC(=O)N2CCc3ccccc32)CC1. The predicted molar refractivity (Wildman–Crippen MR) is 89.4 cm³/mol. The van der Waals surface area contributed by atoms with Crippen LogP contribution in [0, 0.1) is 0 Å². The van der Waals surface area contributed by atoms with Crippen molar-refractivity contribution < 1.29 is 9.59 Å². The summed E-state index contributed by atoms with van der Waals surface area (Å²) in [6.45, 7) is 5.01. The lowest BCUT2D eigenvalue weighted by Crippen LogP contribution is -2.51. The fourth-order valence-corrected chi connectivity index (χ4v) is 3.26. The maximum atomic E-state index is 12.6. The quantitative estimate of drug-likeness (QED) is 0.845. The van der Waals surface area contributed by atoms with E-state index in [1.54, 1.807) is 7.05 Å². The third-order valence-corrected chi connectivity index (χ3v) is 4.66. The van der Waals surface area contributed by atoms with E-state index in [0.29, 0.717) is 13.1 Å². The van der Waals surface area contributed by atoms with E-state index in [1.807, 2.05) is 23.1 Å². The van der Waals surface area contributed by atoms with E-state index in [-0.39, 0.29) is 11.8 Å². The zero-order valence-electron chi connectivity index (χ0n) is 13.6. The average Bonchev–Trinajstić information content (AvgIpc) is 3.00. The first-order valence-electron chi connectivity index (χ1n) is 8.21. The smallest absolute Gasteiger partial charge is 0.241 e. The number of hydrogen-bond acceptors (Lipinski definition) is 4. The van der Waals surface area contributed by atoms with E-state index in [9.17, 15) is 9.59 Å². The van der Waals surface area contributed by atoms with Crippen molar-refractivity contribution in [2.75, 3.05) is 57.8 Å². The third-order valence-electron chi connectivity index (χ3n) is 4.66. The second-order valence-electron chi connectivity index (χ2n) is 6.15. The molecule has 0 atom stereocenters. The molecule has 1 aromatic carbocycles. The third kappa shape index (κ3) is 3.71. The largest absolute Gasteiger partial charge is 0.358 e. The standard InChI is InChI=1S/C17H24N4O2/c1-18-16(22)12-19-8-10-20(11-9-19)13-17(23)21-7-6-14-4-2-3-5-15(14)21/h2-5H,6-13H2,1H3,(H,18,22). The Balaban J connectivity index is 1.50. The number of carbonyl (C=O) groups excluding carboxylic acids is 2. The fraction of sp³-hybridized carbons (Fsp3) is 0.529. The number of benzene rings is 1. The number of likely N-dealkylation sites (N-methyl/N-ethyl adjacent to an activating group) is 1. The Bertz CT molecular complexity index is 582. The van der Waals surface area contributed by atoms with Crippen LogP contribution in [0.3, 0.4) is 0 Å². The molecular weight excluding hydrogens is 292 g/mol. The second-order valence-corrected chi connectivity index (χ2v) is 6.15. The number of carbonyl (C=O) groups is 2. The van der Waals surface area contributed by atoms with Gasteiger partial charge in [-0.3, -0.25) is 19.4 Å². The number of hydrogen-bond donors (Lipinski definition) is 1. The topological polar surface area (TPSA) is 55.9 Å². The predicted octanol–water partition coefficient (Wildman–Crippen LogP) is -0.0607. The van der Waals surface area contributed by atoms with Crippen LogP contribution in [0.1, 0.15) is 5.56 Å². The lowest BCUT2D eigenvalue weighted by molar-refractivity contribution is -0.123. The van der Waals surface area contributed by atoms with Gasteiger partial charge in [-0.2, -0.15) is 0 Å². The molecule has 0 spiro atoms. The molecule has 1 aromatic rings. The van der Waals surface area contributed by atoms with Crippen molar-refractivity contribution in [2.24, 2.45) is 0 Å². The summed E-state index contributed by atoms with van der Waals surface area (Å²) in [7, 11) is 1.66. The van der Waals surface area contributed by atoms with E-state index in [0.717, 1.165) is 44.8 Å². The van der Waals surface area contributed by atoms with Crippen LogP contribution in [0.4, 0.5) is 5.69 Å². The van der Waals surface area contributed by atoms with Gasteiger partial charge in [-0.25, -0.2) is 0 Å². The molecule has 2 aliphatic rings. The Labute approximate surface area is 137 Å². The number of nitrogens with one attached hydrogen (secondary N) is 1. The molecule has 0 aliphatic carbocycles. The van der Waals surface area contributed by atoms with E-state index < -0.39 is 0 Å². The number of amides is 2. The number of piperazine rings is 1. The average molecular weight is 316 g/mol. The number of para-hydroxylation sites is 1. The highest BCUT2D eigenvalue weighted by Gasteiger charge is 2.27. The molecular formula is C17H24N4O2. The highest BCUT2D eigenvalue weighted by molar-refractivity contribution is 5.96. The summed E-state index contributed by atoms with van der Waals surface area (Å²) in [5.74, 6) is 0.220. The van der Waals surface area contributed by atoms with E-state index in [4.69, 9.17) is 0 Å². The molecule has 1 saturated heterocycles. The molecule has 6 nitrogen and oxygen atoms in total. The Morgan fingerprint density at radius 1 is 1.00 bits per heavy atom. The molecule has 2 amide bonds. The van der Waals surface area contributed by atoms with E-state index in [2.05, 4.69) is 21.2 Å². The molecule has 1 N–H and O–H groups in total. The van der Waals surface area contributed by atoms with Crippen LogP contribution < -0.4 is 10.2 Å². The first-order valence-corrected chi connectivity index (χ1v) is 8.21. The zero-order valence-corrected chi connectivity index (χ0v) is 13.6. The van der Waals surface area contributed by atoms with Gasteiger partial charge < -0.3 is 10.2 Å². The van der Waals surface area contributed by atoms with Gasteiger partial charge in [0, 0.05) is 45.5 Å². The lowest BCUT2D eigenvalue weighted by Gasteiger charge is -2.34. The van der Waals surface area contributed by atoms with Crippen LogP contribution in [-0.4, -0.2) is 74.5 Å². The van der Waals surface area contributed by atoms with Crippen LogP contribution in [0.15, 0.2) is 24.3 Å². The van der Waals surface area contributed by atoms with Gasteiger partial charge >= 0.3 is 0 Å². The van der Waals surface area contributed by atoms with Gasteiger partial charge in [-0.1, -0.05) is 18.2 Å². The van der Waals surface area contributed by atoms with Gasteiger partial charge in [0.2, 0.25) is 11.8 Å². The normalized spacial score (nSPS) is 18.7. The van der Waals surface area contributed by atoms with Crippen molar-refractivity contribution in [2.45, 2.75) is 6.42 Å². The van der Waals surface area contributed by atoms with Crippen LogP contribution in [-0.2, 0) is 16.0 Å². The molecule has 124 valence electrons. The summed E-state index contributed by atoms with van der Waals surface area (Å²) in [6, 6.07) is 8.14. The Kier molecular flexibility index (Phi) is 4.93. The highest BCUT2D eigenvalue weighted by atomic mass is 16.2. The van der Waals surface area contributed by atoms with E-state index in [1.165, 1.54) is 5.56 Å². The minimum absolute atomic E-state index is 0.0446. The van der Waals surface area contributed by atoms with Gasteiger partial charge in [-0.15, -0.1) is 0 Å². The first kappa shape index (κ1) is 16.0. The van der Waals surface area contributed by atoms with Crippen molar-refractivity contribution in [1.82, 2.24) is 15.1 Å². The molecule has 6 heteroatoms. The van der Waals surface area contributed by atoms with Crippen molar-refractivity contribution >= 4 is 17.5 Å². The van der Waals surface area contributed by atoms with E-state index >= 15 is 0 Å². The molecule has 1 fully saturated rings. The van der Waals surface area contributed by atoms with Gasteiger partial charge in [0.25, 0.3) is 0 Å². The fourth-order valence-electron chi connectivity index (χ4n) is 3.26. The van der Waals surface area contributed by atoms with Gasteiger partial charge in [0.15, 0.2) is 0 Å². The highest BCUT2D eigenvalue weighted by Crippen LogP contribution is 2.27. The van der Waals surface area contributed by atoms with Gasteiger partial charge in [0.1, 0.15) is 0 Å².